The van der Waals surface area contributed by atoms with Crippen molar-refractivity contribution < 1.29 is 9.53 Å². The third-order valence-corrected chi connectivity index (χ3v) is 4.93. The minimum Gasteiger partial charge on any atom is -0.494 e. The van der Waals surface area contributed by atoms with Crippen molar-refractivity contribution in [2.24, 2.45) is 0 Å². The lowest BCUT2D eigenvalue weighted by Gasteiger charge is -2.22. The first kappa shape index (κ1) is 16.0. The molecule has 1 amide bonds. The summed E-state index contributed by atoms with van der Waals surface area (Å²) in [5, 5.41) is 5.98. The number of ether oxygens (including phenoxy) is 1. The number of carbonyl (C=O) groups excluding carboxylic acids is 1. The van der Waals surface area contributed by atoms with Gasteiger partial charge in [0, 0.05) is 30.6 Å². The zero-order chi connectivity index (χ0) is 16.2. The molecule has 1 aliphatic rings. The Hall–Kier alpha value is -1.92. The number of likely N-dealkylation sites (N-methyl/N-ethyl adjacent to an activating group) is 1. The molecule has 0 saturated carbocycles. The van der Waals surface area contributed by atoms with Crippen molar-refractivity contribution in [1.29, 1.82) is 0 Å². The zero-order valence-electron chi connectivity index (χ0n) is 13.4. The van der Waals surface area contributed by atoms with E-state index in [9.17, 15) is 4.79 Å². The standard InChI is InChI=1S/C17H21N3O2S/c1-3-22-14-6-4-12(5-7-14)16-19-15(11-23-16)17(21)20(2)13-8-9-18-10-13/h4-7,11,13,18H,3,8-10H2,1-2H3. The predicted octanol–water partition coefficient (Wildman–Crippen LogP) is 2.64. The van der Waals surface area contributed by atoms with Crippen molar-refractivity contribution in [3.8, 4) is 16.3 Å². The maximum atomic E-state index is 12.5. The summed E-state index contributed by atoms with van der Waals surface area (Å²) in [4.78, 5) is 18.9. The van der Waals surface area contributed by atoms with Gasteiger partial charge in [-0.25, -0.2) is 4.98 Å². The van der Waals surface area contributed by atoms with Gasteiger partial charge < -0.3 is 15.0 Å². The average Bonchev–Trinajstić information content (AvgIpc) is 3.26. The van der Waals surface area contributed by atoms with Crippen LogP contribution in [0.5, 0.6) is 5.75 Å². The Kier molecular flexibility index (Phi) is 4.93. The molecule has 1 aliphatic heterocycles. The van der Waals surface area contributed by atoms with E-state index in [4.69, 9.17) is 4.74 Å². The van der Waals surface area contributed by atoms with Gasteiger partial charge in [-0.15, -0.1) is 11.3 Å². The van der Waals surface area contributed by atoms with Crippen LogP contribution in [0.1, 0.15) is 23.8 Å². The summed E-state index contributed by atoms with van der Waals surface area (Å²) in [7, 11) is 1.86. The molecule has 2 heterocycles. The largest absolute Gasteiger partial charge is 0.494 e. The van der Waals surface area contributed by atoms with Crippen molar-refractivity contribution in [2.75, 3.05) is 26.7 Å². The minimum absolute atomic E-state index is 0.00728. The Balaban J connectivity index is 1.73. The number of nitrogens with zero attached hydrogens (tertiary/aromatic N) is 2. The van der Waals surface area contributed by atoms with Crippen molar-refractivity contribution in [1.82, 2.24) is 15.2 Å². The smallest absolute Gasteiger partial charge is 0.273 e. The average molecular weight is 331 g/mol. The number of amides is 1. The molecule has 1 aromatic carbocycles. The van der Waals surface area contributed by atoms with Crippen LogP contribution in [0.15, 0.2) is 29.6 Å². The number of hydrogen-bond acceptors (Lipinski definition) is 5. The summed E-state index contributed by atoms with van der Waals surface area (Å²) >= 11 is 1.50. The molecule has 1 atom stereocenters. The molecule has 2 aromatic rings. The van der Waals surface area contributed by atoms with Gasteiger partial charge in [0.25, 0.3) is 5.91 Å². The molecule has 1 saturated heterocycles. The molecule has 6 heteroatoms. The van der Waals surface area contributed by atoms with Crippen LogP contribution in [0.4, 0.5) is 0 Å². The minimum atomic E-state index is -0.00728. The van der Waals surface area contributed by atoms with E-state index in [1.165, 1.54) is 11.3 Å². The van der Waals surface area contributed by atoms with Crippen LogP contribution >= 0.6 is 11.3 Å². The maximum Gasteiger partial charge on any atom is 0.273 e. The monoisotopic (exact) mass is 331 g/mol. The van der Waals surface area contributed by atoms with E-state index >= 15 is 0 Å². The van der Waals surface area contributed by atoms with Crippen LogP contribution in [-0.2, 0) is 0 Å². The third kappa shape index (κ3) is 3.54. The Bertz CT molecular complexity index is 663. The topological polar surface area (TPSA) is 54.5 Å². The second kappa shape index (κ2) is 7.10. The van der Waals surface area contributed by atoms with Crippen LogP contribution in [0, 0.1) is 0 Å². The second-order valence-corrected chi connectivity index (χ2v) is 6.42. The number of rotatable bonds is 5. The van der Waals surface area contributed by atoms with E-state index < -0.39 is 0 Å². The van der Waals surface area contributed by atoms with Gasteiger partial charge in [-0.05, 0) is 44.2 Å². The molecular formula is C17H21N3O2S. The molecule has 0 spiro atoms. The van der Waals surface area contributed by atoms with Crippen molar-refractivity contribution in [3.63, 3.8) is 0 Å². The van der Waals surface area contributed by atoms with Gasteiger partial charge >= 0.3 is 0 Å². The number of aromatic nitrogens is 1. The van der Waals surface area contributed by atoms with Gasteiger partial charge in [0.15, 0.2) is 0 Å². The van der Waals surface area contributed by atoms with Crippen LogP contribution in [-0.4, -0.2) is 48.6 Å². The molecular weight excluding hydrogens is 310 g/mol. The first-order valence-corrected chi connectivity index (χ1v) is 8.73. The summed E-state index contributed by atoms with van der Waals surface area (Å²) in [5.41, 5.74) is 1.52. The summed E-state index contributed by atoms with van der Waals surface area (Å²) < 4.78 is 5.44. The lowest BCUT2D eigenvalue weighted by Crippen LogP contribution is -2.38. The molecule has 0 aliphatic carbocycles. The van der Waals surface area contributed by atoms with Crippen molar-refractivity contribution in [2.45, 2.75) is 19.4 Å². The van der Waals surface area contributed by atoms with E-state index in [2.05, 4.69) is 10.3 Å². The summed E-state index contributed by atoms with van der Waals surface area (Å²) in [5.74, 6) is 0.838. The fraction of sp³-hybridized carbons (Fsp3) is 0.412. The molecule has 3 rings (SSSR count). The first-order chi connectivity index (χ1) is 11.2. The highest BCUT2D eigenvalue weighted by molar-refractivity contribution is 7.13. The number of carbonyl (C=O) groups is 1. The van der Waals surface area contributed by atoms with Crippen LogP contribution in [0.3, 0.4) is 0 Å². The summed E-state index contributed by atoms with van der Waals surface area (Å²) in [6.07, 6.45) is 0.998. The SMILES string of the molecule is CCOc1ccc(-c2nc(C(=O)N(C)C3CCNC3)cs2)cc1. The predicted molar refractivity (Wildman–Crippen MR) is 92.1 cm³/mol. The molecule has 1 aromatic heterocycles. The van der Waals surface area contributed by atoms with E-state index in [0.29, 0.717) is 12.3 Å². The molecule has 1 fully saturated rings. The highest BCUT2D eigenvalue weighted by Gasteiger charge is 2.25. The van der Waals surface area contributed by atoms with Crippen LogP contribution < -0.4 is 10.1 Å². The normalized spacial score (nSPS) is 17.2. The number of benzene rings is 1. The first-order valence-electron chi connectivity index (χ1n) is 7.85. The van der Waals surface area contributed by atoms with Crippen molar-refractivity contribution in [3.05, 3.63) is 35.3 Å². The molecule has 1 unspecified atom stereocenters. The van der Waals surface area contributed by atoms with Gasteiger partial charge in [-0.2, -0.15) is 0 Å². The van der Waals surface area contributed by atoms with E-state index in [0.717, 1.165) is 35.8 Å². The maximum absolute atomic E-state index is 12.5. The molecule has 23 heavy (non-hydrogen) atoms. The van der Waals surface area contributed by atoms with Crippen LogP contribution in [0.2, 0.25) is 0 Å². The quantitative estimate of drug-likeness (QED) is 0.915. The zero-order valence-corrected chi connectivity index (χ0v) is 14.2. The van der Waals surface area contributed by atoms with E-state index in [1.54, 1.807) is 4.90 Å². The highest BCUT2D eigenvalue weighted by atomic mass is 32.1. The summed E-state index contributed by atoms with van der Waals surface area (Å²) in [6, 6.07) is 8.07. The Morgan fingerprint density at radius 2 is 2.22 bits per heavy atom. The van der Waals surface area contributed by atoms with E-state index in [-0.39, 0.29) is 11.9 Å². The van der Waals surface area contributed by atoms with E-state index in [1.807, 2.05) is 43.6 Å². The lowest BCUT2D eigenvalue weighted by molar-refractivity contribution is 0.0739. The van der Waals surface area contributed by atoms with Gasteiger partial charge in [-0.3, -0.25) is 4.79 Å². The molecule has 1 N–H and O–H groups in total. The lowest BCUT2D eigenvalue weighted by atomic mass is 10.2. The van der Waals surface area contributed by atoms with Gasteiger partial charge in [0.2, 0.25) is 0 Å². The third-order valence-electron chi connectivity index (χ3n) is 4.04. The van der Waals surface area contributed by atoms with Gasteiger partial charge in [0.1, 0.15) is 16.5 Å². The molecule has 0 radical (unpaired) electrons. The van der Waals surface area contributed by atoms with Gasteiger partial charge in [-0.1, -0.05) is 0 Å². The number of hydrogen-bond donors (Lipinski definition) is 1. The second-order valence-electron chi connectivity index (χ2n) is 5.56. The van der Waals surface area contributed by atoms with Gasteiger partial charge in [0.05, 0.1) is 6.61 Å². The number of nitrogens with one attached hydrogen (secondary N) is 1. The molecule has 5 nitrogen and oxygen atoms in total. The Morgan fingerprint density at radius 3 is 2.87 bits per heavy atom. The number of thiazole rings is 1. The fourth-order valence-corrected chi connectivity index (χ4v) is 3.48. The molecule has 122 valence electrons. The molecule has 0 bridgehead atoms. The summed E-state index contributed by atoms with van der Waals surface area (Å²) in [6.45, 7) is 4.44. The highest BCUT2D eigenvalue weighted by Crippen LogP contribution is 2.26. The Morgan fingerprint density at radius 1 is 1.43 bits per heavy atom. The van der Waals surface area contributed by atoms with Crippen molar-refractivity contribution >= 4 is 17.2 Å². The van der Waals surface area contributed by atoms with Crippen LogP contribution in [0.25, 0.3) is 10.6 Å². The fourth-order valence-electron chi connectivity index (χ4n) is 2.68. The Labute approximate surface area is 140 Å².